The Morgan fingerprint density at radius 3 is 2.64 bits per heavy atom. The number of primary amides is 1. The molecule has 3 N–H and O–H groups in total. The average Bonchev–Trinajstić information content (AvgIpc) is 2.58. The highest BCUT2D eigenvalue weighted by molar-refractivity contribution is 7.98. The van der Waals surface area contributed by atoms with Crippen molar-refractivity contribution in [3.8, 4) is 5.75 Å². The van der Waals surface area contributed by atoms with Crippen molar-refractivity contribution in [3.63, 3.8) is 0 Å². The highest BCUT2D eigenvalue weighted by Crippen LogP contribution is 2.31. The first-order valence-electron chi connectivity index (χ1n) is 7.58. The second-order valence-corrected chi connectivity index (χ2v) is 6.19. The van der Waals surface area contributed by atoms with Gasteiger partial charge in [-0.25, -0.2) is 4.39 Å². The molecule has 0 aliphatic heterocycles. The molecule has 1 heterocycles. The predicted octanol–water partition coefficient (Wildman–Crippen LogP) is 2.80. The van der Waals surface area contributed by atoms with E-state index in [1.165, 1.54) is 35.5 Å². The summed E-state index contributed by atoms with van der Waals surface area (Å²) >= 11 is 1.41. The molecule has 0 atom stereocenters. The SMILES string of the molecule is CCOc1c(C(N)=O)c(Nc2ccc(SC)cc2F)n(C)c(=O)c1C. The first kappa shape index (κ1) is 18.9. The van der Waals surface area contributed by atoms with Crippen molar-refractivity contribution in [3.05, 3.63) is 45.5 Å². The van der Waals surface area contributed by atoms with Crippen LogP contribution < -0.4 is 21.3 Å². The number of anilines is 2. The van der Waals surface area contributed by atoms with Gasteiger partial charge in [-0.3, -0.25) is 14.2 Å². The lowest BCUT2D eigenvalue weighted by atomic mass is 10.1. The number of pyridine rings is 1. The highest BCUT2D eigenvalue weighted by atomic mass is 32.2. The van der Waals surface area contributed by atoms with Crippen LogP contribution in [0.4, 0.5) is 15.9 Å². The largest absolute Gasteiger partial charge is 0.492 e. The van der Waals surface area contributed by atoms with E-state index in [1.807, 2.05) is 6.26 Å². The third-order valence-electron chi connectivity index (χ3n) is 3.73. The molecule has 0 fully saturated rings. The van der Waals surface area contributed by atoms with Gasteiger partial charge in [0.2, 0.25) is 0 Å². The summed E-state index contributed by atoms with van der Waals surface area (Å²) in [5.74, 6) is -1.08. The maximum Gasteiger partial charge on any atom is 0.258 e. The van der Waals surface area contributed by atoms with E-state index in [9.17, 15) is 14.0 Å². The van der Waals surface area contributed by atoms with Crippen LogP contribution in [0.25, 0.3) is 0 Å². The van der Waals surface area contributed by atoms with Gasteiger partial charge in [0, 0.05) is 11.9 Å². The molecular weight excluding hydrogens is 345 g/mol. The molecule has 0 aliphatic carbocycles. The van der Waals surface area contributed by atoms with Gasteiger partial charge in [-0.1, -0.05) is 0 Å². The lowest BCUT2D eigenvalue weighted by Crippen LogP contribution is -2.28. The molecule has 0 saturated heterocycles. The number of rotatable bonds is 6. The van der Waals surface area contributed by atoms with Crippen molar-refractivity contribution >= 4 is 29.2 Å². The summed E-state index contributed by atoms with van der Waals surface area (Å²) < 4.78 is 21.0. The monoisotopic (exact) mass is 365 g/mol. The van der Waals surface area contributed by atoms with Crippen LogP contribution in [-0.2, 0) is 7.05 Å². The van der Waals surface area contributed by atoms with Crippen molar-refractivity contribution in [1.29, 1.82) is 0 Å². The Labute approximate surface area is 149 Å². The van der Waals surface area contributed by atoms with Gasteiger partial charge >= 0.3 is 0 Å². The van der Waals surface area contributed by atoms with Crippen molar-refractivity contribution < 1.29 is 13.9 Å². The van der Waals surface area contributed by atoms with Gasteiger partial charge in [-0.05, 0) is 38.3 Å². The summed E-state index contributed by atoms with van der Waals surface area (Å²) in [5, 5.41) is 2.81. The number of nitrogens with zero attached hydrogens (tertiary/aromatic N) is 1. The normalized spacial score (nSPS) is 10.6. The number of benzene rings is 1. The highest BCUT2D eigenvalue weighted by Gasteiger charge is 2.24. The van der Waals surface area contributed by atoms with Gasteiger partial charge in [-0.15, -0.1) is 11.8 Å². The molecule has 0 spiro atoms. The molecule has 1 aromatic carbocycles. The van der Waals surface area contributed by atoms with Crippen LogP contribution in [0, 0.1) is 12.7 Å². The smallest absolute Gasteiger partial charge is 0.258 e. The molecular formula is C17H20FN3O3S. The lowest BCUT2D eigenvalue weighted by Gasteiger charge is -2.19. The molecule has 0 radical (unpaired) electrons. The van der Waals surface area contributed by atoms with Crippen LogP contribution in [0.3, 0.4) is 0 Å². The van der Waals surface area contributed by atoms with Crippen LogP contribution in [0.1, 0.15) is 22.8 Å². The Morgan fingerprint density at radius 1 is 1.44 bits per heavy atom. The Kier molecular flexibility index (Phi) is 5.73. The average molecular weight is 365 g/mol. The van der Waals surface area contributed by atoms with Crippen LogP contribution in [-0.4, -0.2) is 23.3 Å². The van der Waals surface area contributed by atoms with E-state index < -0.39 is 11.7 Å². The zero-order valence-electron chi connectivity index (χ0n) is 14.5. The number of amides is 1. The number of nitrogens with one attached hydrogen (secondary N) is 1. The number of hydrogen-bond acceptors (Lipinski definition) is 5. The van der Waals surface area contributed by atoms with Crippen molar-refractivity contribution in [2.24, 2.45) is 12.8 Å². The molecule has 134 valence electrons. The summed E-state index contributed by atoms with van der Waals surface area (Å²) in [7, 11) is 1.48. The van der Waals surface area contributed by atoms with E-state index in [0.717, 1.165) is 4.90 Å². The fourth-order valence-electron chi connectivity index (χ4n) is 2.46. The summed E-state index contributed by atoms with van der Waals surface area (Å²) in [6.07, 6.45) is 1.84. The first-order valence-corrected chi connectivity index (χ1v) is 8.81. The number of carbonyl (C=O) groups excluding carboxylic acids is 1. The fourth-order valence-corrected chi connectivity index (χ4v) is 2.89. The second-order valence-electron chi connectivity index (χ2n) is 5.31. The number of thioether (sulfide) groups is 1. The lowest BCUT2D eigenvalue weighted by molar-refractivity contribution is 0.0996. The number of hydrogen-bond donors (Lipinski definition) is 2. The van der Waals surface area contributed by atoms with Gasteiger partial charge in [0.15, 0.2) is 0 Å². The third-order valence-corrected chi connectivity index (χ3v) is 4.46. The number of carbonyl (C=O) groups is 1. The number of ether oxygens (including phenoxy) is 1. The van der Waals surface area contributed by atoms with E-state index >= 15 is 0 Å². The van der Waals surface area contributed by atoms with E-state index in [-0.39, 0.29) is 40.5 Å². The van der Waals surface area contributed by atoms with Crippen LogP contribution in [0.15, 0.2) is 27.9 Å². The molecule has 1 aromatic heterocycles. The Morgan fingerprint density at radius 2 is 2.12 bits per heavy atom. The Bertz CT molecular complexity index is 880. The van der Waals surface area contributed by atoms with Crippen molar-refractivity contribution in [1.82, 2.24) is 4.57 Å². The zero-order chi connectivity index (χ0) is 18.7. The van der Waals surface area contributed by atoms with Gasteiger partial charge in [-0.2, -0.15) is 0 Å². The Balaban J connectivity index is 2.68. The molecule has 0 unspecified atom stereocenters. The molecule has 25 heavy (non-hydrogen) atoms. The van der Waals surface area contributed by atoms with Crippen LogP contribution in [0.2, 0.25) is 0 Å². The molecule has 8 heteroatoms. The predicted molar refractivity (Wildman–Crippen MR) is 97.6 cm³/mol. The number of halogens is 1. The first-order chi connectivity index (χ1) is 11.8. The maximum absolute atomic E-state index is 14.3. The molecule has 0 saturated carbocycles. The molecule has 0 bridgehead atoms. The quantitative estimate of drug-likeness (QED) is 0.769. The molecule has 2 rings (SSSR count). The molecule has 6 nitrogen and oxygen atoms in total. The van der Waals surface area contributed by atoms with Gasteiger partial charge < -0.3 is 15.8 Å². The Hall–Kier alpha value is -2.48. The molecule has 1 amide bonds. The van der Waals surface area contributed by atoms with Gasteiger partial charge in [0.25, 0.3) is 11.5 Å². The number of aromatic nitrogens is 1. The third kappa shape index (κ3) is 3.63. The summed E-state index contributed by atoms with van der Waals surface area (Å²) in [5.41, 5.74) is 5.54. The van der Waals surface area contributed by atoms with E-state index in [4.69, 9.17) is 10.5 Å². The molecule has 2 aromatic rings. The van der Waals surface area contributed by atoms with E-state index in [0.29, 0.717) is 0 Å². The topological polar surface area (TPSA) is 86.3 Å². The van der Waals surface area contributed by atoms with Crippen molar-refractivity contribution in [2.75, 3.05) is 18.2 Å². The number of nitrogens with two attached hydrogens (primary N) is 1. The second kappa shape index (κ2) is 7.60. The van der Waals surface area contributed by atoms with Gasteiger partial charge in [0.1, 0.15) is 22.9 Å². The maximum atomic E-state index is 14.3. The standard InChI is InChI=1S/C17H20FN3O3S/c1-5-24-14-9(2)17(23)21(3)16(13(14)15(19)22)20-12-7-6-10(25-4)8-11(12)18/h6-8,20H,5H2,1-4H3,(H2,19,22). The molecule has 0 aliphatic rings. The van der Waals surface area contributed by atoms with Crippen LogP contribution >= 0.6 is 11.8 Å². The van der Waals surface area contributed by atoms with E-state index in [2.05, 4.69) is 5.32 Å². The zero-order valence-corrected chi connectivity index (χ0v) is 15.3. The fraction of sp³-hybridized carbons (Fsp3) is 0.294. The summed E-state index contributed by atoms with van der Waals surface area (Å²) in [6, 6.07) is 4.64. The minimum atomic E-state index is -0.772. The van der Waals surface area contributed by atoms with Gasteiger partial charge in [0.05, 0.1) is 17.9 Å². The van der Waals surface area contributed by atoms with Crippen LogP contribution in [0.5, 0.6) is 5.75 Å². The minimum Gasteiger partial charge on any atom is -0.492 e. The minimum absolute atomic E-state index is 0.00907. The van der Waals surface area contributed by atoms with Crippen molar-refractivity contribution in [2.45, 2.75) is 18.7 Å². The van der Waals surface area contributed by atoms with E-state index in [1.54, 1.807) is 19.9 Å². The summed E-state index contributed by atoms with van der Waals surface area (Å²) in [6.45, 7) is 3.54. The summed E-state index contributed by atoms with van der Waals surface area (Å²) in [4.78, 5) is 25.2.